The summed E-state index contributed by atoms with van der Waals surface area (Å²) in [4.78, 5) is 16.6. The molecule has 0 bridgehead atoms. The van der Waals surface area contributed by atoms with E-state index in [4.69, 9.17) is 0 Å². The number of H-pyrrole nitrogens is 2. The molecule has 0 saturated carbocycles. The molecule has 0 saturated heterocycles. The number of aromatic nitrogens is 2. The van der Waals surface area contributed by atoms with E-state index in [1.807, 2.05) is 23.8 Å². The predicted molar refractivity (Wildman–Crippen MR) is 56.3 cm³/mol. The van der Waals surface area contributed by atoms with E-state index in [1.54, 1.807) is 0 Å². The van der Waals surface area contributed by atoms with Crippen LogP contribution in [0.25, 0.3) is 0 Å². The molecule has 0 aromatic carbocycles. The third-order valence-electron chi connectivity index (χ3n) is 1.88. The molecule has 0 aliphatic heterocycles. The number of hydrogen-bond donors (Lipinski definition) is 3. The molecule has 0 aliphatic carbocycles. The Morgan fingerprint density at radius 2 is 2.36 bits per heavy atom. The maximum atomic E-state index is 10.8. The van der Waals surface area contributed by atoms with Gasteiger partial charge in [0.2, 0.25) is 0 Å². The molecule has 0 radical (unpaired) electrons. The van der Waals surface area contributed by atoms with Gasteiger partial charge in [0.15, 0.2) is 0 Å². The van der Waals surface area contributed by atoms with Crippen molar-refractivity contribution in [1.82, 2.24) is 15.3 Å². The summed E-state index contributed by atoms with van der Waals surface area (Å²) in [5.41, 5.74) is 2.15. The van der Waals surface area contributed by atoms with Gasteiger partial charge in [-0.25, -0.2) is 0 Å². The topological polar surface area (TPSA) is 60.7 Å². The molecular weight excluding hydrogens is 198 g/mol. The Hall–Kier alpha value is -1.33. The first-order valence-corrected chi connectivity index (χ1v) is 5.21. The van der Waals surface area contributed by atoms with Crippen LogP contribution in [0.1, 0.15) is 11.3 Å². The van der Waals surface area contributed by atoms with E-state index in [1.165, 1.54) is 16.9 Å². The monoisotopic (exact) mass is 209 g/mol. The van der Waals surface area contributed by atoms with E-state index in [0.717, 1.165) is 12.2 Å². The highest BCUT2D eigenvalue weighted by Gasteiger charge is 1.96. The number of aromatic amines is 2. The van der Waals surface area contributed by atoms with E-state index in [9.17, 15) is 4.79 Å². The molecule has 2 aromatic rings. The lowest BCUT2D eigenvalue weighted by atomic mass is 10.3. The molecule has 14 heavy (non-hydrogen) atoms. The van der Waals surface area contributed by atoms with Crippen molar-refractivity contribution in [2.24, 2.45) is 0 Å². The van der Waals surface area contributed by atoms with Gasteiger partial charge in [-0.2, -0.15) is 0 Å². The van der Waals surface area contributed by atoms with Gasteiger partial charge < -0.3 is 15.3 Å². The number of nitrogens with one attached hydrogen (secondary N) is 3. The standard InChI is InChI=1S/C9H11N3OS/c13-9-12-8(6-14-9)5-11-4-7-1-2-10-3-7/h1-3,6,10-11H,4-5H2,(H,12,13). The zero-order valence-electron chi connectivity index (χ0n) is 7.54. The predicted octanol–water partition coefficient (Wildman–Crippen LogP) is 1.05. The van der Waals surface area contributed by atoms with Crippen LogP contribution in [0.5, 0.6) is 0 Å². The normalized spacial score (nSPS) is 10.6. The van der Waals surface area contributed by atoms with Gasteiger partial charge in [-0.1, -0.05) is 11.3 Å². The van der Waals surface area contributed by atoms with Gasteiger partial charge >= 0.3 is 4.87 Å². The fourth-order valence-electron chi connectivity index (χ4n) is 1.21. The lowest BCUT2D eigenvalue weighted by Gasteiger charge is -1.99. The summed E-state index contributed by atoms with van der Waals surface area (Å²) in [5, 5.41) is 5.07. The van der Waals surface area contributed by atoms with Gasteiger partial charge in [0.25, 0.3) is 0 Å². The van der Waals surface area contributed by atoms with E-state index >= 15 is 0 Å². The second-order valence-electron chi connectivity index (χ2n) is 3.00. The molecule has 0 atom stereocenters. The molecule has 5 heteroatoms. The maximum absolute atomic E-state index is 10.8. The Balaban J connectivity index is 1.81. The molecule has 0 spiro atoms. The Labute approximate surface area is 85.0 Å². The van der Waals surface area contributed by atoms with Gasteiger partial charge in [0, 0.05) is 36.6 Å². The summed E-state index contributed by atoms with van der Waals surface area (Å²) in [6, 6.07) is 2.02. The van der Waals surface area contributed by atoms with Crippen LogP contribution in [0, 0.1) is 0 Å². The van der Waals surface area contributed by atoms with Crippen LogP contribution in [0.3, 0.4) is 0 Å². The molecule has 2 heterocycles. The Bertz CT molecular complexity index is 429. The third kappa shape index (κ3) is 2.34. The van der Waals surface area contributed by atoms with Gasteiger partial charge in [-0.15, -0.1) is 0 Å². The van der Waals surface area contributed by atoms with Crippen LogP contribution >= 0.6 is 11.3 Å². The quantitative estimate of drug-likeness (QED) is 0.705. The van der Waals surface area contributed by atoms with Crippen LogP contribution in [0.15, 0.2) is 28.6 Å². The van der Waals surface area contributed by atoms with Crippen molar-refractivity contribution in [1.29, 1.82) is 0 Å². The second kappa shape index (κ2) is 4.26. The van der Waals surface area contributed by atoms with Crippen molar-refractivity contribution in [3.05, 3.63) is 44.8 Å². The fourth-order valence-corrected chi connectivity index (χ4v) is 1.79. The molecular formula is C9H11N3OS. The van der Waals surface area contributed by atoms with E-state index in [-0.39, 0.29) is 4.87 Å². The van der Waals surface area contributed by atoms with Crippen LogP contribution in [0.4, 0.5) is 0 Å². The van der Waals surface area contributed by atoms with Crippen molar-refractivity contribution in [3.63, 3.8) is 0 Å². The first kappa shape index (κ1) is 9.23. The molecule has 0 fully saturated rings. The van der Waals surface area contributed by atoms with Crippen molar-refractivity contribution < 1.29 is 0 Å². The van der Waals surface area contributed by atoms with E-state index in [0.29, 0.717) is 6.54 Å². The minimum Gasteiger partial charge on any atom is -0.367 e. The van der Waals surface area contributed by atoms with Gasteiger partial charge in [-0.3, -0.25) is 4.79 Å². The summed E-state index contributed by atoms with van der Waals surface area (Å²) >= 11 is 1.20. The summed E-state index contributed by atoms with van der Waals surface area (Å²) < 4.78 is 0. The third-order valence-corrected chi connectivity index (χ3v) is 2.60. The number of thiazole rings is 1. The number of hydrogen-bond acceptors (Lipinski definition) is 3. The van der Waals surface area contributed by atoms with Gasteiger partial charge in [0.1, 0.15) is 0 Å². The molecule has 2 aromatic heterocycles. The molecule has 0 aliphatic rings. The summed E-state index contributed by atoms with van der Waals surface area (Å²) in [6.45, 7) is 1.51. The zero-order chi connectivity index (χ0) is 9.80. The van der Waals surface area contributed by atoms with E-state index in [2.05, 4.69) is 15.3 Å². The Morgan fingerprint density at radius 1 is 1.43 bits per heavy atom. The molecule has 2 rings (SSSR count). The van der Waals surface area contributed by atoms with Crippen LogP contribution in [-0.2, 0) is 13.1 Å². The van der Waals surface area contributed by atoms with Crippen molar-refractivity contribution in [3.8, 4) is 0 Å². The van der Waals surface area contributed by atoms with Crippen molar-refractivity contribution >= 4 is 11.3 Å². The summed E-state index contributed by atoms with van der Waals surface area (Å²) in [6.07, 6.45) is 3.84. The average molecular weight is 209 g/mol. The fraction of sp³-hybridized carbons (Fsp3) is 0.222. The minimum atomic E-state index is 0.00319. The minimum absolute atomic E-state index is 0.00319. The molecule has 74 valence electrons. The Morgan fingerprint density at radius 3 is 3.00 bits per heavy atom. The Kier molecular flexibility index (Phi) is 2.81. The van der Waals surface area contributed by atoms with Crippen LogP contribution < -0.4 is 10.2 Å². The van der Waals surface area contributed by atoms with E-state index < -0.39 is 0 Å². The first-order chi connectivity index (χ1) is 6.84. The largest absolute Gasteiger partial charge is 0.367 e. The smallest absolute Gasteiger partial charge is 0.304 e. The average Bonchev–Trinajstić information content (AvgIpc) is 2.77. The highest BCUT2D eigenvalue weighted by atomic mass is 32.1. The molecule has 0 amide bonds. The highest BCUT2D eigenvalue weighted by molar-refractivity contribution is 7.07. The summed E-state index contributed by atoms with van der Waals surface area (Å²) in [5.74, 6) is 0. The van der Waals surface area contributed by atoms with Crippen LogP contribution in [-0.4, -0.2) is 9.97 Å². The second-order valence-corrected chi connectivity index (χ2v) is 3.84. The lowest BCUT2D eigenvalue weighted by molar-refractivity contribution is 0.682. The number of rotatable bonds is 4. The highest BCUT2D eigenvalue weighted by Crippen LogP contribution is 1.98. The maximum Gasteiger partial charge on any atom is 0.304 e. The van der Waals surface area contributed by atoms with Gasteiger partial charge in [-0.05, 0) is 11.6 Å². The zero-order valence-corrected chi connectivity index (χ0v) is 8.36. The molecule has 0 unspecified atom stereocenters. The van der Waals surface area contributed by atoms with Crippen LogP contribution in [0.2, 0.25) is 0 Å². The molecule has 3 N–H and O–H groups in total. The lowest BCUT2D eigenvalue weighted by Crippen LogP contribution is -2.13. The van der Waals surface area contributed by atoms with Crippen molar-refractivity contribution in [2.45, 2.75) is 13.1 Å². The van der Waals surface area contributed by atoms with Crippen molar-refractivity contribution in [2.75, 3.05) is 0 Å². The SMILES string of the molecule is O=c1[nH]c(CNCc2cc[nH]c2)cs1. The molecule has 4 nitrogen and oxygen atoms in total. The summed E-state index contributed by atoms with van der Waals surface area (Å²) in [7, 11) is 0. The first-order valence-electron chi connectivity index (χ1n) is 4.33. The van der Waals surface area contributed by atoms with Gasteiger partial charge in [0.05, 0.1) is 0 Å².